The first-order valence-electron chi connectivity index (χ1n) is 7.54. The summed E-state index contributed by atoms with van der Waals surface area (Å²) in [5.41, 5.74) is 0.941. The molecule has 3 aromatic rings. The van der Waals surface area contributed by atoms with Crippen molar-refractivity contribution < 1.29 is 4.79 Å². The number of nitrogens with one attached hydrogen (secondary N) is 1. The highest BCUT2D eigenvalue weighted by Gasteiger charge is 2.30. The van der Waals surface area contributed by atoms with E-state index in [9.17, 15) is 4.79 Å². The number of carbonyl (C=O) groups excluding carboxylic acids is 1. The molecule has 0 atom stereocenters. The summed E-state index contributed by atoms with van der Waals surface area (Å²) < 4.78 is 2.26. The Morgan fingerprint density at radius 1 is 1.42 bits per heavy atom. The van der Waals surface area contributed by atoms with Crippen molar-refractivity contribution in [1.82, 2.24) is 19.7 Å². The summed E-state index contributed by atoms with van der Waals surface area (Å²) in [6.45, 7) is 1.49. The summed E-state index contributed by atoms with van der Waals surface area (Å²) in [6, 6.07) is 4.64. The minimum absolute atomic E-state index is 0.0994. The lowest BCUT2D eigenvalue weighted by Gasteiger charge is -2.06. The molecule has 1 aliphatic carbocycles. The maximum atomic E-state index is 11.1. The van der Waals surface area contributed by atoms with Crippen LogP contribution in [0.2, 0.25) is 0 Å². The number of hydrogen-bond acceptors (Lipinski definition) is 7. The fourth-order valence-corrected chi connectivity index (χ4v) is 4.80. The van der Waals surface area contributed by atoms with Gasteiger partial charge in [-0.2, -0.15) is 0 Å². The van der Waals surface area contributed by atoms with E-state index in [0.717, 1.165) is 21.6 Å². The van der Waals surface area contributed by atoms with Crippen LogP contribution in [-0.2, 0) is 10.5 Å². The van der Waals surface area contributed by atoms with E-state index in [2.05, 4.69) is 36.5 Å². The second kappa shape index (κ2) is 6.66. The summed E-state index contributed by atoms with van der Waals surface area (Å²) in [7, 11) is 0. The van der Waals surface area contributed by atoms with Gasteiger partial charge in [-0.1, -0.05) is 17.8 Å². The zero-order valence-electron chi connectivity index (χ0n) is 12.9. The molecule has 24 heavy (non-hydrogen) atoms. The Labute approximate surface area is 151 Å². The number of nitrogens with zero attached hydrogens (tertiary/aromatic N) is 4. The smallest absolute Gasteiger partial charge is 0.223 e. The highest BCUT2D eigenvalue weighted by atomic mass is 32.2. The van der Waals surface area contributed by atoms with E-state index in [1.807, 2.05) is 11.4 Å². The molecule has 1 fully saturated rings. The number of carbonyl (C=O) groups is 1. The summed E-state index contributed by atoms with van der Waals surface area (Å²) in [5, 5.41) is 17.1. The summed E-state index contributed by atoms with van der Waals surface area (Å²) >= 11 is 4.77. The van der Waals surface area contributed by atoms with Crippen molar-refractivity contribution in [3.8, 4) is 10.7 Å². The van der Waals surface area contributed by atoms with Gasteiger partial charge in [0, 0.05) is 24.1 Å². The maximum absolute atomic E-state index is 11.1. The third kappa shape index (κ3) is 3.38. The topological polar surface area (TPSA) is 72.7 Å². The molecule has 6 nitrogen and oxygen atoms in total. The summed E-state index contributed by atoms with van der Waals surface area (Å²) in [6.07, 6.45) is 2.38. The average Bonchev–Trinajstić information content (AvgIpc) is 2.97. The normalized spacial score (nSPS) is 14.0. The SMILES string of the molecule is CC(=O)Nc1nc(CSc2nnc(-c3cccs3)n2C2CC2)cs1. The molecule has 124 valence electrons. The van der Waals surface area contributed by atoms with Gasteiger partial charge < -0.3 is 5.32 Å². The molecule has 3 aromatic heterocycles. The van der Waals surface area contributed by atoms with Gasteiger partial charge in [-0.3, -0.25) is 9.36 Å². The van der Waals surface area contributed by atoms with Crippen molar-refractivity contribution in [2.45, 2.75) is 36.7 Å². The number of aromatic nitrogens is 4. The first kappa shape index (κ1) is 15.8. The first-order valence-corrected chi connectivity index (χ1v) is 10.3. The van der Waals surface area contributed by atoms with Crippen molar-refractivity contribution >= 4 is 45.5 Å². The molecule has 0 radical (unpaired) electrons. The molecule has 1 N–H and O–H groups in total. The molecule has 1 amide bonds. The molecule has 1 saturated carbocycles. The van der Waals surface area contributed by atoms with E-state index in [4.69, 9.17) is 0 Å². The number of anilines is 1. The Morgan fingerprint density at radius 2 is 2.29 bits per heavy atom. The highest BCUT2D eigenvalue weighted by molar-refractivity contribution is 7.98. The van der Waals surface area contributed by atoms with Gasteiger partial charge in [0.1, 0.15) is 0 Å². The van der Waals surface area contributed by atoms with Gasteiger partial charge in [-0.15, -0.1) is 32.9 Å². The van der Waals surface area contributed by atoms with Crippen LogP contribution in [0.4, 0.5) is 5.13 Å². The van der Waals surface area contributed by atoms with Crippen molar-refractivity contribution in [2.75, 3.05) is 5.32 Å². The Kier molecular flexibility index (Phi) is 4.38. The minimum atomic E-state index is -0.0994. The van der Waals surface area contributed by atoms with Gasteiger partial charge in [0.2, 0.25) is 5.91 Å². The fraction of sp³-hybridized carbons (Fsp3) is 0.333. The predicted molar refractivity (Wildman–Crippen MR) is 97.6 cm³/mol. The molecule has 0 spiro atoms. The number of amides is 1. The minimum Gasteiger partial charge on any atom is -0.302 e. The van der Waals surface area contributed by atoms with E-state index in [1.54, 1.807) is 23.1 Å². The van der Waals surface area contributed by atoms with E-state index in [1.165, 1.54) is 31.1 Å². The molecule has 0 aromatic carbocycles. The molecule has 4 rings (SSSR count). The zero-order chi connectivity index (χ0) is 16.5. The average molecular weight is 378 g/mol. The Morgan fingerprint density at radius 3 is 3.00 bits per heavy atom. The van der Waals surface area contributed by atoms with Crippen LogP contribution in [0.15, 0.2) is 28.0 Å². The second-order valence-corrected chi connectivity index (χ2v) is 8.25. The van der Waals surface area contributed by atoms with Crippen molar-refractivity contribution in [2.24, 2.45) is 0 Å². The molecule has 0 bridgehead atoms. The number of hydrogen-bond donors (Lipinski definition) is 1. The molecule has 0 saturated heterocycles. The van der Waals surface area contributed by atoms with Crippen molar-refractivity contribution in [3.63, 3.8) is 0 Å². The van der Waals surface area contributed by atoms with Crippen LogP contribution in [-0.4, -0.2) is 25.7 Å². The van der Waals surface area contributed by atoms with Gasteiger partial charge >= 0.3 is 0 Å². The van der Waals surface area contributed by atoms with Gasteiger partial charge in [-0.05, 0) is 24.3 Å². The fourth-order valence-electron chi connectivity index (χ4n) is 2.33. The van der Waals surface area contributed by atoms with Gasteiger partial charge in [0.25, 0.3) is 0 Å². The standard InChI is InChI=1S/C15H15N5OS3/c1-9(21)16-14-17-10(7-23-14)8-24-15-19-18-13(12-3-2-6-22-12)20(15)11-4-5-11/h2-3,6-7,11H,4-5,8H2,1H3,(H,16,17,21). The Hall–Kier alpha value is -1.71. The number of thioether (sulfide) groups is 1. The van der Waals surface area contributed by atoms with Crippen LogP contribution in [0.3, 0.4) is 0 Å². The van der Waals surface area contributed by atoms with E-state index in [0.29, 0.717) is 16.9 Å². The lowest BCUT2D eigenvalue weighted by Crippen LogP contribution is -2.05. The van der Waals surface area contributed by atoms with E-state index in [-0.39, 0.29) is 5.91 Å². The van der Waals surface area contributed by atoms with E-state index < -0.39 is 0 Å². The largest absolute Gasteiger partial charge is 0.302 e. The number of thiophene rings is 1. The molecular weight excluding hydrogens is 362 g/mol. The lowest BCUT2D eigenvalue weighted by atomic mass is 10.4. The summed E-state index contributed by atoms with van der Waals surface area (Å²) in [5.74, 6) is 1.58. The molecule has 1 aliphatic rings. The van der Waals surface area contributed by atoms with Gasteiger partial charge in [-0.25, -0.2) is 4.98 Å². The lowest BCUT2D eigenvalue weighted by molar-refractivity contribution is -0.114. The van der Waals surface area contributed by atoms with E-state index >= 15 is 0 Å². The van der Waals surface area contributed by atoms with Crippen LogP contribution in [0, 0.1) is 0 Å². The quantitative estimate of drug-likeness (QED) is 0.656. The van der Waals surface area contributed by atoms with Crippen LogP contribution in [0.1, 0.15) is 31.5 Å². The van der Waals surface area contributed by atoms with Crippen molar-refractivity contribution in [3.05, 3.63) is 28.6 Å². The van der Waals surface area contributed by atoms with Crippen LogP contribution >= 0.6 is 34.4 Å². The van der Waals surface area contributed by atoms with Crippen LogP contribution < -0.4 is 5.32 Å². The predicted octanol–water partition coefficient (Wildman–Crippen LogP) is 4.05. The highest BCUT2D eigenvalue weighted by Crippen LogP contribution is 2.42. The zero-order valence-corrected chi connectivity index (χ0v) is 15.4. The first-order chi connectivity index (χ1) is 11.7. The third-order valence-corrected chi connectivity index (χ3v) is 6.15. The van der Waals surface area contributed by atoms with Crippen LogP contribution in [0.25, 0.3) is 10.7 Å². The molecule has 0 unspecified atom stereocenters. The summed E-state index contributed by atoms with van der Waals surface area (Å²) in [4.78, 5) is 16.7. The molecule has 9 heteroatoms. The number of rotatable bonds is 6. The third-order valence-electron chi connectivity index (χ3n) is 3.50. The maximum Gasteiger partial charge on any atom is 0.223 e. The van der Waals surface area contributed by atoms with Gasteiger partial charge in [0.15, 0.2) is 16.1 Å². The Bertz CT molecular complexity index is 850. The molecular formula is C15H15N5OS3. The molecule has 3 heterocycles. The second-order valence-electron chi connectivity index (χ2n) is 5.50. The van der Waals surface area contributed by atoms with Gasteiger partial charge in [0.05, 0.1) is 10.6 Å². The molecule has 0 aliphatic heterocycles. The van der Waals surface area contributed by atoms with Crippen molar-refractivity contribution in [1.29, 1.82) is 0 Å². The number of thiazole rings is 1. The monoisotopic (exact) mass is 377 g/mol. The Balaban J connectivity index is 1.51. The van der Waals surface area contributed by atoms with Crippen LogP contribution in [0.5, 0.6) is 0 Å².